The van der Waals surface area contributed by atoms with E-state index in [0.717, 1.165) is 11.3 Å². The van der Waals surface area contributed by atoms with Crippen LogP contribution in [0.5, 0.6) is 5.75 Å². The molecule has 0 saturated carbocycles. The van der Waals surface area contributed by atoms with Crippen molar-refractivity contribution in [3.63, 3.8) is 0 Å². The van der Waals surface area contributed by atoms with Crippen LogP contribution in [-0.4, -0.2) is 10.1 Å². The van der Waals surface area contributed by atoms with E-state index in [1.165, 1.54) is 0 Å². The molecule has 1 N–H and O–H groups in total. The van der Waals surface area contributed by atoms with Crippen LogP contribution in [0.3, 0.4) is 0 Å². The van der Waals surface area contributed by atoms with Gasteiger partial charge in [0, 0.05) is 11.0 Å². The third-order valence-corrected chi connectivity index (χ3v) is 2.29. The molecule has 0 radical (unpaired) electrons. The smallest absolute Gasteiger partial charge is 0.199 e. The molecule has 0 amide bonds. The molecule has 0 fully saturated rings. The lowest BCUT2D eigenvalue weighted by Gasteiger charge is -2.11. The number of benzene rings is 1. The van der Waals surface area contributed by atoms with Gasteiger partial charge in [-0.05, 0) is 12.1 Å². The lowest BCUT2D eigenvalue weighted by molar-refractivity contribution is 0.392. The summed E-state index contributed by atoms with van der Waals surface area (Å²) in [6.45, 7) is 6.14. The van der Waals surface area contributed by atoms with Crippen LogP contribution < -0.4 is 0 Å². The van der Waals surface area contributed by atoms with Crippen LogP contribution in [0.2, 0.25) is 0 Å². The van der Waals surface area contributed by atoms with Gasteiger partial charge in [-0.3, -0.25) is 0 Å². The molecule has 0 atom stereocenters. The summed E-state index contributed by atoms with van der Waals surface area (Å²) in [4.78, 5) is 4.42. The Morgan fingerprint density at radius 3 is 2.56 bits per heavy atom. The zero-order valence-corrected chi connectivity index (χ0v) is 9.69. The van der Waals surface area contributed by atoms with Crippen LogP contribution in [0.4, 0.5) is 0 Å². The van der Waals surface area contributed by atoms with E-state index in [9.17, 15) is 5.11 Å². The van der Waals surface area contributed by atoms with Crippen molar-refractivity contribution in [3.05, 3.63) is 36.4 Å². The Morgan fingerprint density at radius 2 is 2.00 bits per heavy atom. The van der Waals surface area contributed by atoms with Crippen molar-refractivity contribution in [1.82, 2.24) is 4.98 Å². The number of aromatic hydroxyl groups is 1. The second-order valence-electron chi connectivity index (χ2n) is 4.84. The van der Waals surface area contributed by atoms with Crippen molar-refractivity contribution in [1.29, 1.82) is 0 Å². The summed E-state index contributed by atoms with van der Waals surface area (Å²) in [5.41, 5.74) is 1.51. The summed E-state index contributed by atoms with van der Waals surface area (Å²) in [5.74, 6) is 0.934. The second kappa shape index (κ2) is 3.67. The van der Waals surface area contributed by atoms with Crippen molar-refractivity contribution in [2.75, 3.05) is 0 Å². The van der Waals surface area contributed by atoms with Gasteiger partial charge in [0.15, 0.2) is 5.89 Å². The monoisotopic (exact) mass is 217 g/mol. The maximum absolute atomic E-state index is 9.38. The van der Waals surface area contributed by atoms with Gasteiger partial charge in [-0.15, -0.1) is 0 Å². The van der Waals surface area contributed by atoms with Gasteiger partial charge in [-0.2, -0.15) is 0 Å². The number of aromatic nitrogens is 1. The summed E-state index contributed by atoms with van der Waals surface area (Å²) in [7, 11) is 0. The first-order chi connectivity index (χ1) is 7.47. The summed E-state index contributed by atoms with van der Waals surface area (Å²) in [6, 6.07) is 6.98. The molecule has 0 spiro atoms. The number of phenolic OH excluding ortho intramolecular Hbond substituents is 1. The molecule has 3 heteroatoms. The van der Waals surface area contributed by atoms with Gasteiger partial charge in [-0.1, -0.05) is 32.9 Å². The highest BCUT2D eigenvalue weighted by molar-refractivity contribution is 5.59. The molecule has 1 aromatic heterocycles. The Morgan fingerprint density at radius 1 is 1.25 bits per heavy atom. The van der Waals surface area contributed by atoms with Crippen LogP contribution in [0.25, 0.3) is 11.3 Å². The quantitative estimate of drug-likeness (QED) is 0.796. The first-order valence-electron chi connectivity index (χ1n) is 5.22. The maximum Gasteiger partial charge on any atom is 0.199 e. The van der Waals surface area contributed by atoms with E-state index < -0.39 is 0 Å². The molecular weight excluding hydrogens is 202 g/mol. The van der Waals surface area contributed by atoms with E-state index in [1.54, 1.807) is 24.5 Å². The third-order valence-electron chi connectivity index (χ3n) is 2.29. The number of hydrogen-bond donors (Lipinski definition) is 1. The molecule has 0 aliphatic heterocycles. The van der Waals surface area contributed by atoms with Gasteiger partial charge in [0.25, 0.3) is 0 Å². The lowest BCUT2D eigenvalue weighted by atomic mass is 9.97. The number of rotatable bonds is 1. The maximum atomic E-state index is 9.38. The van der Waals surface area contributed by atoms with Crippen LogP contribution in [0.1, 0.15) is 26.7 Å². The molecule has 1 heterocycles. The van der Waals surface area contributed by atoms with E-state index in [4.69, 9.17) is 4.42 Å². The summed E-state index contributed by atoms with van der Waals surface area (Å²) in [6.07, 6.45) is 1.62. The molecule has 0 bridgehead atoms. The van der Waals surface area contributed by atoms with Gasteiger partial charge in [0.2, 0.25) is 0 Å². The topological polar surface area (TPSA) is 46.3 Å². The number of oxazole rings is 1. The Kier molecular flexibility index (Phi) is 2.46. The van der Waals surface area contributed by atoms with Crippen LogP contribution in [0.15, 0.2) is 34.9 Å². The molecular formula is C13H15NO2. The highest BCUT2D eigenvalue weighted by Crippen LogP contribution is 2.27. The minimum absolute atomic E-state index is 0.102. The predicted molar refractivity (Wildman–Crippen MR) is 62.3 cm³/mol. The van der Waals surface area contributed by atoms with Gasteiger partial charge < -0.3 is 9.52 Å². The third kappa shape index (κ3) is 2.08. The second-order valence-corrected chi connectivity index (χ2v) is 4.84. The average molecular weight is 217 g/mol. The van der Waals surface area contributed by atoms with Crippen molar-refractivity contribution in [3.8, 4) is 17.0 Å². The fraction of sp³-hybridized carbons (Fsp3) is 0.308. The average Bonchev–Trinajstić information content (AvgIpc) is 2.65. The lowest BCUT2D eigenvalue weighted by Crippen LogP contribution is -2.11. The molecule has 2 aromatic rings. The Bertz CT molecular complexity index is 495. The van der Waals surface area contributed by atoms with Crippen LogP contribution in [-0.2, 0) is 5.41 Å². The van der Waals surface area contributed by atoms with Gasteiger partial charge in [-0.25, -0.2) is 4.98 Å². The molecule has 0 unspecified atom stereocenters. The largest absolute Gasteiger partial charge is 0.508 e. The molecule has 2 rings (SSSR count). The van der Waals surface area contributed by atoms with Crippen LogP contribution in [0, 0.1) is 0 Å². The highest BCUT2D eigenvalue weighted by atomic mass is 16.3. The molecule has 1 aromatic carbocycles. The predicted octanol–water partition coefficient (Wildman–Crippen LogP) is 3.34. The number of hydrogen-bond acceptors (Lipinski definition) is 3. The molecule has 0 saturated heterocycles. The zero-order chi connectivity index (χ0) is 11.8. The molecule has 84 valence electrons. The van der Waals surface area contributed by atoms with E-state index in [2.05, 4.69) is 4.98 Å². The highest BCUT2D eigenvalue weighted by Gasteiger charge is 2.20. The summed E-state index contributed by atoms with van der Waals surface area (Å²) >= 11 is 0. The van der Waals surface area contributed by atoms with Crippen molar-refractivity contribution in [2.45, 2.75) is 26.2 Å². The fourth-order valence-electron chi connectivity index (χ4n) is 1.42. The number of phenols is 1. The number of nitrogens with zero attached hydrogens (tertiary/aromatic N) is 1. The van der Waals surface area contributed by atoms with Crippen LogP contribution >= 0.6 is 0 Å². The standard InChI is InChI=1S/C13H15NO2/c1-13(2,3)12-14-11(8-16-12)9-5-4-6-10(15)7-9/h4-8,15H,1-3H3. The Balaban J connectivity index is 2.39. The molecule has 0 aliphatic rings. The van der Waals surface area contributed by atoms with Crippen molar-refractivity contribution >= 4 is 0 Å². The van der Waals surface area contributed by atoms with Gasteiger partial charge in [0.1, 0.15) is 17.7 Å². The van der Waals surface area contributed by atoms with Crippen molar-refractivity contribution < 1.29 is 9.52 Å². The van der Waals surface area contributed by atoms with Crippen molar-refractivity contribution in [2.24, 2.45) is 0 Å². The van der Waals surface area contributed by atoms with E-state index in [-0.39, 0.29) is 11.2 Å². The van der Waals surface area contributed by atoms with Gasteiger partial charge in [0.05, 0.1) is 0 Å². The molecule has 0 aliphatic carbocycles. The minimum atomic E-state index is -0.102. The Hall–Kier alpha value is -1.77. The SMILES string of the molecule is CC(C)(C)c1nc(-c2cccc(O)c2)co1. The van der Waals surface area contributed by atoms with E-state index in [1.807, 2.05) is 26.8 Å². The fourth-order valence-corrected chi connectivity index (χ4v) is 1.42. The van der Waals surface area contributed by atoms with Gasteiger partial charge >= 0.3 is 0 Å². The Labute approximate surface area is 94.8 Å². The minimum Gasteiger partial charge on any atom is -0.508 e. The first-order valence-corrected chi connectivity index (χ1v) is 5.22. The van der Waals surface area contributed by atoms with E-state index in [0.29, 0.717) is 5.89 Å². The normalized spacial score (nSPS) is 11.7. The first kappa shape index (κ1) is 10.7. The molecule has 3 nitrogen and oxygen atoms in total. The van der Waals surface area contributed by atoms with E-state index >= 15 is 0 Å². The molecule has 16 heavy (non-hydrogen) atoms. The summed E-state index contributed by atoms with van der Waals surface area (Å²) in [5, 5.41) is 9.38. The summed E-state index contributed by atoms with van der Waals surface area (Å²) < 4.78 is 5.43. The zero-order valence-electron chi connectivity index (χ0n) is 9.69.